The highest BCUT2D eigenvalue weighted by Crippen LogP contribution is 2.35. The summed E-state index contributed by atoms with van der Waals surface area (Å²) in [6.45, 7) is 2.33. The number of rotatable bonds is 4. The molecule has 2 heteroatoms. The smallest absolute Gasteiger partial charge is 0.123 e. The highest BCUT2D eigenvalue weighted by molar-refractivity contribution is 6.59. The third-order valence-corrected chi connectivity index (χ3v) is 8.80. The summed E-state index contributed by atoms with van der Waals surface area (Å²) >= 11 is 0. The quantitative estimate of drug-likeness (QED) is 0.607. The normalized spacial score (nSPS) is 21.7. The van der Waals surface area contributed by atoms with Gasteiger partial charge in [0.05, 0.1) is 0 Å². The molecule has 2 aromatic rings. The van der Waals surface area contributed by atoms with Crippen LogP contribution < -0.4 is 0 Å². The standard InChI is InChI=1S/C20H25FSi/c1-2-13-22-14-11-19(12-15-22)17-5-3-16(4-6-17)18-7-9-20(21)10-8-18/h3-10,19,22H,2,11-15H2,1H3. The number of hydrogen-bond acceptors (Lipinski definition) is 0. The van der Waals surface area contributed by atoms with Crippen molar-refractivity contribution < 1.29 is 4.39 Å². The predicted octanol–water partition coefficient (Wildman–Crippen LogP) is 6.01. The van der Waals surface area contributed by atoms with Crippen LogP contribution in [0.3, 0.4) is 0 Å². The van der Waals surface area contributed by atoms with Crippen molar-refractivity contribution in [2.24, 2.45) is 0 Å². The van der Waals surface area contributed by atoms with E-state index in [1.807, 2.05) is 12.1 Å². The number of halogens is 1. The highest BCUT2D eigenvalue weighted by atomic mass is 28.3. The van der Waals surface area contributed by atoms with E-state index in [-0.39, 0.29) is 14.6 Å². The molecule has 1 aliphatic heterocycles. The minimum Gasteiger partial charge on any atom is -0.207 e. The second kappa shape index (κ2) is 7.23. The van der Waals surface area contributed by atoms with Crippen LogP contribution in [0.5, 0.6) is 0 Å². The fourth-order valence-corrected chi connectivity index (χ4v) is 7.21. The Kier molecular flexibility index (Phi) is 5.09. The minimum absolute atomic E-state index is 0.173. The van der Waals surface area contributed by atoms with E-state index in [0.29, 0.717) is 0 Å². The van der Waals surface area contributed by atoms with Gasteiger partial charge in [-0.15, -0.1) is 0 Å². The summed E-state index contributed by atoms with van der Waals surface area (Å²) in [4.78, 5) is 0. The summed E-state index contributed by atoms with van der Waals surface area (Å²) in [6.07, 6.45) is 4.17. The maximum atomic E-state index is 13.0. The molecule has 1 saturated heterocycles. The molecule has 0 nitrogen and oxygen atoms in total. The van der Waals surface area contributed by atoms with Gasteiger partial charge in [-0.1, -0.05) is 67.9 Å². The number of benzene rings is 2. The third kappa shape index (κ3) is 3.67. The molecule has 0 amide bonds. The van der Waals surface area contributed by atoms with Crippen LogP contribution in [0.1, 0.15) is 37.7 Å². The monoisotopic (exact) mass is 312 g/mol. The van der Waals surface area contributed by atoms with Gasteiger partial charge >= 0.3 is 0 Å². The molecule has 3 rings (SSSR count). The van der Waals surface area contributed by atoms with E-state index in [4.69, 9.17) is 0 Å². The molecule has 0 spiro atoms. The molecule has 0 bridgehead atoms. The van der Waals surface area contributed by atoms with Gasteiger partial charge in [-0.25, -0.2) is 4.39 Å². The predicted molar refractivity (Wildman–Crippen MR) is 95.7 cm³/mol. The first kappa shape index (κ1) is 15.5. The first-order valence-corrected chi connectivity index (χ1v) is 11.1. The maximum Gasteiger partial charge on any atom is 0.123 e. The topological polar surface area (TPSA) is 0 Å². The molecule has 0 radical (unpaired) electrons. The van der Waals surface area contributed by atoms with E-state index in [9.17, 15) is 4.39 Å². The van der Waals surface area contributed by atoms with Crippen molar-refractivity contribution in [3.8, 4) is 11.1 Å². The Labute approximate surface area is 135 Å². The Morgan fingerprint density at radius 2 is 1.45 bits per heavy atom. The minimum atomic E-state index is -0.388. The lowest BCUT2D eigenvalue weighted by molar-refractivity contribution is 0.606. The highest BCUT2D eigenvalue weighted by Gasteiger charge is 2.22. The molecule has 0 aliphatic carbocycles. The molecule has 1 aliphatic rings. The van der Waals surface area contributed by atoms with Crippen LogP contribution in [0.25, 0.3) is 11.1 Å². The molecule has 1 fully saturated rings. The first-order valence-electron chi connectivity index (χ1n) is 8.62. The Morgan fingerprint density at radius 3 is 2.00 bits per heavy atom. The van der Waals surface area contributed by atoms with Crippen LogP contribution in [-0.2, 0) is 0 Å². The SMILES string of the molecule is CCC[SiH]1CCC(c2ccc(-c3ccc(F)cc3)cc2)CC1. The summed E-state index contributed by atoms with van der Waals surface area (Å²) in [5.41, 5.74) is 3.76. The molecule has 22 heavy (non-hydrogen) atoms. The van der Waals surface area contributed by atoms with Gasteiger partial charge in [0.2, 0.25) is 0 Å². The van der Waals surface area contributed by atoms with Crippen molar-refractivity contribution in [3.63, 3.8) is 0 Å². The second-order valence-electron chi connectivity index (χ2n) is 6.64. The van der Waals surface area contributed by atoms with Crippen molar-refractivity contribution in [1.29, 1.82) is 0 Å². The van der Waals surface area contributed by atoms with E-state index in [1.54, 1.807) is 0 Å². The number of hydrogen-bond donors (Lipinski definition) is 0. The summed E-state index contributed by atoms with van der Waals surface area (Å²) in [7, 11) is -0.388. The van der Waals surface area contributed by atoms with Crippen LogP contribution in [0.2, 0.25) is 18.1 Å². The average molecular weight is 313 g/mol. The van der Waals surface area contributed by atoms with Crippen LogP contribution in [-0.4, -0.2) is 8.80 Å². The average Bonchev–Trinajstić information content (AvgIpc) is 2.57. The zero-order valence-electron chi connectivity index (χ0n) is 13.4. The summed E-state index contributed by atoms with van der Waals surface area (Å²) < 4.78 is 13.0. The van der Waals surface area contributed by atoms with Gasteiger partial charge in [-0.2, -0.15) is 0 Å². The molecular formula is C20H25FSi. The van der Waals surface area contributed by atoms with E-state index in [0.717, 1.165) is 11.5 Å². The summed E-state index contributed by atoms with van der Waals surface area (Å²) in [5.74, 6) is 0.594. The molecular weight excluding hydrogens is 287 g/mol. The van der Waals surface area contributed by atoms with Crippen molar-refractivity contribution in [2.75, 3.05) is 0 Å². The van der Waals surface area contributed by atoms with Gasteiger partial charge in [-0.3, -0.25) is 0 Å². The van der Waals surface area contributed by atoms with Gasteiger partial charge in [0, 0.05) is 8.80 Å². The third-order valence-electron chi connectivity index (χ3n) is 5.10. The lowest BCUT2D eigenvalue weighted by Crippen LogP contribution is -2.19. The van der Waals surface area contributed by atoms with Crippen molar-refractivity contribution in [3.05, 3.63) is 59.9 Å². The Morgan fingerprint density at radius 1 is 0.909 bits per heavy atom. The lowest BCUT2D eigenvalue weighted by atomic mass is 9.92. The van der Waals surface area contributed by atoms with Gasteiger partial charge in [0.15, 0.2) is 0 Å². The lowest BCUT2D eigenvalue weighted by Gasteiger charge is -2.27. The molecule has 0 aromatic heterocycles. The Hall–Kier alpha value is -1.41. The van der Waals surface area contributed by atoms with Gasteiger partial charge in [-0.05, 0) is 47.6 Å². The fourth-order valence-electron chi connectivity index (χ4n) is 3.78. The van der Waals surface area contributed by atoms with E-state index < -0.39 is 0 Å². The molecule has 1 heterocycles. The maximum absolute atomic E-state index is 13.0. The fraction of sp³-hybridized carbons (Fsp3) is 0.400. The molecule has 0 atom stereocenters. The van der Waals surface area contributed by atoms with Crippen molar-refractivity contribution in [1.82, 2.24) is 0 Å². The van der Waals surface area contributed by atoms with Gasteiger partial charge < -0.3 is 0 Å². The molecule has 0 N–H and O–H groups in total. The molecule has 0 saturated carbocycles. The van der Waals surface area contributed by atoms with Crippen LogP contribution >= 0.6 is 0 Å². The van der Waals surface area contributed by atoms with Gasteiger partial charge in [0.1, 0.15) is 5.82 Å². The largest absolute Gasteiger partial charge is 0.207 e. The summed E-state index contributed by atoms with van der Waals surface area (Å²) in [5, 5.41) is 0. The summed E-state index contributed by atoms with van der Waals surface area (Å²) in [6, 6.07) is 20.3. The second-order valence-corrected chi connectivity index (χ2v) is 10.1. The first-order chi connectivity index (χ1) is 10.8. The van der Waals surface area contributed by atoms with Crippen molar-refractivity contribution >= 4 is 8.80 Å². The van der Waals surface area contributed by atoms with E-state index in [1.165, 1.54) is 60.7 Å². The van der Waals surface area contributed by atoms with Crippen LogP contribution in [0, 0.1) is 5.82 Å². The van der Waals surface area contributed by atoms with Gasteiger partial charge in [0.25, 0.3) is 0 Å². The van der Waals surface area contributed by atoms with E-state index in [2.05, 4.69) is 31.2 Å². The Balaban J connectivity index is 1.66. The van der Waals surface area contributed by atoms with E-state index >= 15 is 0 Å². The van der Waals surface area contributed by atoms with Crippen LogP contribution in [0.15, 0.2) is 48.5 Å². The zero-order valence-corrected chi connectivity index (χ0v) is 14.5. The Bertz CT molecular complexity index is 580. The van der Waals surface area contributed by atoms with Crippen molar-refractivity contribution in [2.45, 2.75) is 50.2 Å². The van der Waals surface area contributed by atoms with Crippen LogP contribution in [0.4, 0.5) is 4.39 Å². The zero-order chi connectivity index (χ0) is 15.4. The molecule has 0 unspecified atom stereocenters. The molecule has 116 valence electrons. The molecule has 2 aromatic carbocycles.